The van der Waals surface area contributed by atoms with E-state index in [2.05, 4.69) is 0 Å². The fraction of sp³-hybridized carbons (Fsp3) is 0.905. The Labute approximate surface area is 153 Å². The Morgan fingerprint density at radius 2 is 1.68 bits per heavy atom. The Morgan fingerprint density at radius 1 is 1.08 bits per heavy atom. The summed E-state index contributed by atoms with van der Waals surface area (Å²) in [5, 5.41) is 9.68. The maximum Gasteiger partial charge on any atom is 0.310 e. The zero-order chi connectivity index (χ0) is 19.0. The van der Waals surface area contributed by atoms with Crippen molar-refractivity contribution in [2.24, 2.45) is 23.7 Å². The van der Waals surface area contributed by atoms with Gasteiger partial charge in [-0.15, -0.1) is 0 Å². The van der Waals surface area contributed by atoms with Crippen molar-refractivity contribution in [3.05, 3.63) is 0 Å². The molecule has 0 spiro atoms. The number of hydrogen-bond acceptors (Lipinski definition) is 3. The monoisotopic (exact) mass is 354 g/mol. The van der Waals surface area contributed by atoms with Gasteiger partial charge in [0.05, 0.1) is 11.8 Å². The van der Waals surface area contributed by atoms with Crippen LogP contribution in [0.25, 0.3) is 0 Å². The fourth-order valence-corrected chi connectivity index (χ4v) is 3.91. The van der Waals surface area contributed by atoms with E-state index in [0.717, 1.165) is 18.8 Å². The molecule has 0 amide bonds. The number of carbonyl (C=O) groups is 2. The first-order chi connectivity index (χ1) is 11.6. The van der Waals surface area contributed by atoms with E-state index >= 15 is 0 Å². The van der Waals surface area contributed by atoms with Crippen LogP contribution in [-0.2, 0) is 14.3 Å². The summed E-state index contributed by atoms with van der Waals surface area (Å²) in [5.74, 6) is -1.42. The zero-order valence-corrected chi connectivity index (χ0v) is 16.8. The van der Waals surface area contributed by atoms with Gasteiger partial charge in [0.1, 0.15) is 5.60 Å². The molecule has 1 aliphatic rings. The van der Waals surface area contributed by atoms with Gasteiger partial charge in [0.2, 0.25) is 0 Å². The molecule has 0 aromatic rings. The first-order valence-corrected chi connectivity index (χ1v) is 10.1. The minimum Gasteiger partial charge on any atom is -0.481 e. The summed E-state index contributed by atoms with van der Waals surface area (Å²) in [6.07, 6.45) is 9.68. The highest BCUT2D eigenvalue weighted by atomic mass is 16.6. The molecule has 0 unspecified atom stereocenters. The van der Waals surface area contributed by atoms with Gasteiger partial charge in [0.15, 0.2) is 0 Å². The Hall–Kier alpha value is -1.06. The third-order valence-electron chi connectivity index (χ3n) is 5.09. The lowest BCUT2D eigenvalue weighted by molar-refractivity contribution is -0.167. The quantitative estimate of drug-likeness (QED) is 0.560. The van der Waals surface area contributed by atoms with E-state index in [1.54, 1.807) is 0 Å². The molecular formula is C21H38O4. The Kier molecular flexibility index (Phi) is 8.95. The number of ether oxygens (including phenoxy) is 1. The van der Waals surface area contributed by atoms with E-state index < -0.39 is 23.4 Å². The predicted molar refractivity (Wildman–Crippen MR) is 100 cm³/mol. The molecule has 1 aliphatic carbocycles. The summed E-state index contributed by atoms with van der Waals surface area (Å²) in [5.41, 5.74) is -0.584. The van der Waals surface area contributed by atoms with Crippen molar-refractivity contribution in [3.8, 4) is 0 Å². The summed E-state index contributed by atoms with van der Waals surface area (Å²) < 4.78 is 5.55. The van der Waals surface area contributed by atoms with Crippen LogP contribution in [0.4, 0.5) is 0 Å². The van der Waals surface area contributed by atoms with Crippen LogP contribution in [0.5, 0.6) is 0 Å². The Morgan fingerprint density at radius 3 is 2.16 bits per heavy atom. The first-order valence-electron chi connectivity index (χ1n) is 10.1. The lowest BCUT2D eigenvalue weighted by Crippen LogP contribution is -2.36. The average Bonchev–Trinajstić information content (AvgIpc) is 2.48. The van der Waals surface area contributed by atoms with Crippen molar-refractivity contribution >= 4 is 11.9 Å². The number of carboxylic acid groups (broad SMARTS) is 1. The molecule has 1 N–H and O–H groups in total. The summed E-state index contributed by atoms with van der Waals surface area (Å²) in [6.45, 7) is 9.51. The van der Waals surface area contributed by atoms with Gasteiger partial charge < -0.3 is 9.84 Å². The molecule has 1 fully saturated rings. The maximum atomic E-state index is 12.7. The van der Waals surface area contributed by atoms with E-state index in [1.165, 1.54) is 32.1 Å². The van der Waals surface area contributed by atoms with E-state index in [1.807, 2.05) is 34.6 Å². The lowest BCUT2D eigenvalue weighted by Gasteiger charge is -2.29. The van der Waals surface area contributed by atoms with Gasteiger partial charge >= 0.3 is 11.9 Å². The van der Waals surface area contributed by atoms with Gasteiger partial charge in [0.25, 0.3) is 0 Å². The first kappa shape index (κ1) is 22.0. The minimum atomic E-state index is -0.873. The van der Waals surface area contributed by atoms with Crippen molar-refractivity contribution < 1.29 is 19.4 Å². The highest BCUT2D eigenvalue weighted by Gasteiger charge is 2.36. The molecule has 4 heteroatoms. The van der Waals surface area contributed by atoms with Gasteiger partial charge in [-0.25, -0.2) is 0 Å². The summed E-state index contributed by atoms with van der Waals surface area (Å²) in [6, 6.07) is 0. The molecule has 0 saturated heterocycles. The molecule has 146 valence electrons. The summed E-state index contributed by atoms with van der Waals surface area (Å²) in [4.78, 5) is 24.5. The third-order valence-corrected chi connectivity index (χ3v) is 5.09. The van der Waals surface area contributed by atoms with Crippen LogP contribution in [0.1, 0.15) is 92.4 Å². The highest BCUT2D eigenvalue weighted by Crippen LogP contribution is 2.32. The van der Waals surface area contributed by atoms with Gasteiger partial charge in [-0.2, -0.15) is 0 Å². The van der Waals surface area contributed by atoms with Crippen LogP contribution >= 0.6 is 0 Å². The molecule has 25 heavy (non-hydrogen) atoms. The van der Waals surface area contributed by atoms with Crippen molar-refractivity contribution in [3.63, 3.8) is 0 Å². The van der Waals surface area contributed by atoms with Crippen molar-refractivity contribution in [1.29, 1.82) is 0 Å². The van der Waals surface area contributed by atoms with E-state index in [4.69, 9.17) is 4.74 Å². The molecule has 2 atom stereocenters. The molecule has 0 heterocycles. The molecule has 0 radical (unpaired) electrons. The SMILES string of the molecule is CC(C)C[C@H](C(=O)O)[C@@H](CCCC1CCCCC1)C(=O)OC(C)(C)C. The number of carboxylic acids is 1. The molecule has 1 saturated carbocycles. The fourth-order valence-electron chi connectivity index (χ4n) is 3.91. The highest BCUT2D eigenvalue weighted by molar-refractivity contribution is 5.81. The standard InChI is InChI=1S/C21H38O4/c1-15(2)14-18(19(22)23)17(20(24)25-21(3,4)5)13-9-12-16-10-7-6-8-11-16/h15-18H,6-14H2,1-5H3,(H,22,23)/t17-,18+/m1/s1. The van der Waals surface area contributed by atoms with Crippen LogP contribution in [0.15, 0.2) is 0 Å². The van der Waals surface area contributed by atoms with E-state index in [0.29, 0.717) is 12.8 Å². The molecule has 0 aliphatic heterocycles. The third kappa shape index (κ3) is 8.73. The predicted octanol–water partition coefficient (Wildman–Crippen LogP) is 5.44. The molecule has 0 aromatic heterocycles. The van der Waals surface area contributed by atoms with Crippen LogP contribution < -0.4 is 0 Å². The molecule has 0 aromatic carbocycles. The second kappa shape index (κ2) is 10.2. The summed E-state index contributed by atoms with van der Waals surface area (Å²) in [7, 11) is 0. The molecule has 0 bridgehead atoms. The largest absolute Gasteiger partial charge is 0.481 e. The van der Waals surface area contributed by atoms with Crippen molar-refractivity contribution in [1.82, 2.24) is 0 Å². The van der Waals surface area contributed by atoms with Crippen LogP contribution in [0.3, 0.4) is 0 Å². The van der Waals surface area contributed by atoms with Gasteiger partial charge in [-0.3, -0.25) is 9.59 Å². The van der Waals surface area contributed by atoms with Gasteiger partial charge in [0, 0.05) is 0 Å². The van der Waals surface area contributed by atoms with Gasteiger partial charge in [-0.1, -0.05) is 58.8 Å². The zero-order valence-electron chi connectivity index (χ0n) is 16.8. The molecular weight excluding hydrogens is 316 g/mol. The maximum absolute atomic E-state index is 12.7. The number of aliphatic carboxylic acids is 1. The minimum absolute atomic E-state index is 0.240. The lowest BCUT2D eigenvalue weighted by atomic mass is 9.80. The van der Waals surface area contributed by atoms with Crippen LogP contribution in [0, 0.1) is 23.7 Å². The topological polar surface area (TPSA) is 63.6 Å². The smallest absolute Gasteiger partial charge is 0.310 e. The van der Waals surface area contributed by atoms with Crippen molar-refractivity contribution in [2.75, 3.05) is 0 Å². The Balaban J connectivity index is 2.74. The van der Waals surface area contributed by atoms with Crippen LogP contribution in [0.2, 0.25) is 0 Å². The number of rotatable bonds is 9. The van der Waals surface area contributed by atoms with E-state index in [-0.39, 0.29) is 11.9 Å². The molecule has 4 nitrogen and oxygen atoms in total. The van der Waals surface area contributed by atoms with Gasteiger partial charge in [-0.05, 0) is 45.4 Å². The normalized spacial score (nSPS) is 18.8. The van der Waals surface area contributed by atoms with Crippen molar-refractivity contribution in [2.45, 2.75) is 98.0 Å². The Bertz CT molecular complexity index is 416. The number of esters is 1. The average molecular weight is 355 g/mol. The molecule has 1 rings (SSSR count). The number of carbonyl (C=O) groups excluding carboxylic acids is 1. The summed E-state index contributed by atoms with van der Waals surface area (Å²) >= 11 is 0. The second-order valence-electron chi connectivity index (χ2n) is 9.15. The van der Waals surface area contributed by atoms with E-state index in [9.17, 15) is 14.7 Å². The second-order valence-corrected chi connectivity index (χ2v) is 9.15. The van der Waals surface area contributed by atoms with Crippen LogP contribution in [-0.4, -0.2) is 22.6 Å². The number of hydrogen-bond donors (Lipinski definition) is 1.